The summed E-state index contributed by atoms with van der Waals surface area (Å²) < 4.78 is 5.78. The van der Waals surface area contributed by atoms with Crippen molar-refractivity contribution < 1.29 is 9.53 Å². The van der Waals surface area contributed by atoms with Crippen molar-refractivity contribution in [3.8, 4) is 15.6 Å². The molecule has 3 heterocycles. The molecule has 6 nitrogen and oxygen atoms in total. The SMILES string of the molecule is CCCCCCOc1ccc(C(=O)N2CCN(c3nnc(-c4cccs4)s3)CC2)cc1. The van der Waals surface area contributed by atoms with Gasteiger partial charge in [0.1, 0.15) is 5.75 Å². The first kappa shape index (κ1) is 21.8. The third-order valence-electron chi connectivity index (χ3n) is 5.35. The minimum atomic E-state index is 0.0747. The zero-order valence-corrected chi connectivity index (χ0v) is 19.5. The molecule has 2 aromatic heterocycles. The largest absolute Gasteiger partial charge is 0.494 e. The Morgan fingerprint density at radius 2 is 1.84 bits per heavy atom. The number of anilines is 1. The zero-order chi connectivity index (χ0) is 21.5. The van der Waals surface area contributed by atoms with E-state index in [0.717, 1.165) is 46.9 Å². The first-order chi connectivity index (χ1) is 15.2. The summed E-state index contributed by atoms with van der Waals surface area (Å²) in [6.45, 7) is 5.84. The summed E-state index contributed by atoms with van der Waals surface area (Å²) >= 11 is 3.29. The maximum Gasteiger partial charge on any atom is 0.253 e. The first-order valence-electron chi connectivity index (χ1n) is 10.9. The van der Waals surface area contributed by atoms with Gasteiger partial charge in [0.05, 0.1) is 11.5 Å². The minimum Gasteiger partial charge on any atom is -0.494 e. The Labute approximate surface area is 191 Å². The summed E-state index contributed by atoms with van der Waals surface area (Å²) in [4.78, 5) is 18.2. The average molecular weight is 457 g/mol. The van der Waals surface area contributed by atoms with E-state index in [-0.39, 0.29) is 5.91 Å². The van der Waals surface area contributed by atoms with Gasteiger partial charge in [0, 0.05) is 31.7 Å². The summed E-state index contributed by atoms with van der Waals surface area (Å²) in [7, 11) is 0. The Hall–Kier alpha value is -2.45. The van der Waals surface area contributed by atoms with E-state index in [1.165, 1.54) is 19.3 Å². The minimum absolute atomic E-state index is 0.0747. The van der Waals surface area contributed by atoms with Gasteiger partial charge < -0.3 is 14.5 Å². The molecule has 1 amide bonds. The number of carbonyl (C=O) groups excluding carboxylic acids is 1. The van der Waals surface area contributed by atoms with E-state index in [2.05, 4.69) is 28.1 Å². The molecule has 0 unspecified atom stereocenters. The number of piperazine rings is 1. The van der Waals surface area contributed by atoms with Crippen LogP contribution in [0.4, 0.5) is 5.13 Å². The normalized spacial score (nSPS) is 14.1. The van der Waals surface area contributed by atoms with Crippen LogP contribution in [0.25, 0.3) is 9.88 Å². The van der Waals surface area contributed by atoms with Crippen molar-refractivity contribution in [3.05, 3.63) is 47.3 Å². The highest BCUT2D eigenvalue weighted by Gasteiger charge is 2.24. The van der Waals surface area contributed by atoms with Crippen molar-refractivity contribution in [2.45, 2.75) is 32.6 Å². The summed E-state index contributed by atoms with van der Waals surface area (Å²) in [6, 6.07) is 11.6. The van der Waals surface area contributed by atoms with E-state index < -0.39 is 0 Å². The van der Waals surface area contributed by atoms with Gasteiger partial charge in [0.25, 0.3) is 5.91 Å². The fourth-order valence-electron chi connectivity index (χ4n) is 3.54. The van der Waals surface area contributed by atoms with Crippen molar-refractivity contribution in [2.75, 3.05) is 37.7 Å². The molecule has 0 atom stereocenters. The Bertz CT molecular complexity index is 948. The van der Waals surface area contributed by atoms with Crippen LogP contribution in [0.1, 0.15) is 43.0 Å². The van der Waals surface area contributed by atoms with E-state index in [1.54, 1.807) is 22.7 Å². The van der Waals surface area contributed by atoms with Crippen molar-refractivity contribution in [1.29, 1.82) is 0 Å². The van der Waals surface area contributed by atoms with Crippen molar-refractivity contribution in [1.82, 2.24) is 15.1 Å². The zero-order valence-electron chi connectivity index (χ0n) is 17.8. The predicted octanol–water partition coefficient (Wildman–Crippen LogP) is 5.19. The van der Waals surface area contributed by atoms with Gasteiger partial charge in [-0.15, -0.1) is 21.5 Å². The lowest BCUT2D eigenvalue weighted by atomic mass is 10.1. The molecule has 4 rings (SSSR count). The number of hydrogen-bond donors (Lipinski definition) is 0. The highest BCUT2D eigenvalue weighted by atomic mass is 32.1. The fraction of sp³-hybridized carbons (Fsp3) is 0.435. The number of nitrogens with zero attached hydrogens (tertiary/aromatic N) is 4. The number of ether oxygens (including phenoxy) is 1. The Kier molecular flexibility index (Phi) is 7.53. The molecule has 1 fully saturated rings. The monoisotopic (exact) mass is 456 g/mol. The number of rotatable bonds is 9. The number of benzene rings is 1. The lowest BCUT2D eigenvalue weighted by Gasteiger charge is -2.34. The lowest BCUT2D eigenvalue weighted by molar-refractivity contribution is 0.0746. The van der Waals surface area contributed by atoms with Crippen LogP contribution in [0.5, 0.6) is 5.75 Å². The van der Waals surface area contributed by atoms with Crippen LogP contribution < -0.4 is 9.64 Å². The Morgan fingerprint density at radius 1 is 1.03 bits per heavy atom. The second-order valence-electron chi connectivity index (χ2n) is 7.58. The third kappa shape index (κ3) is 5.62. The third-order valence-corrected chi connectivity index (χ3v) is 7.37. The molecule has 0 saturated carbocycles. The fourth-order valence-corrected chi connectivity index (χ4v) is 5.23. The topological polar surface area (TPSA) is 58.6 Å². The second kappa shape index (κ2) is 10.7. The second-order valence-corrected chi connectivity index (χ2v) is 9.48. The van der Waals surface area contributed by atoms with Gasteiger partial charge in [0.15, 0.2) is 5.01 Å². The molecule has 0 spiro atoms. The molecule has 8 heteroatoms. The number of amides is 1. The summed E-state index contributed by atoms with van der Waals surface area (Å²) in [5, 5.41) is 12.6. The molecule has 31 heavy (non-hydrogen) atoms. The highest BCUT2D eigenvalue weighted by Crippen LogP contribution is 2.32. The smallest absolute Gasteiger partial charge is 0.253 e. The van der Waals surface area contributed by atoms with Crippen LogP contribution in [-0.4, -0.2) is 53.8 Å². The number of unbranched alkanes of at least 4 members (excludes halogenated alkanes) is 3. The molecule has 1 aliphatic heterocycles. The van der Waals surface area contributed by atoms with Gasteiger partial charge in [-0.3, -0.25) is 4.79 Å². The van der Waals surface area contributed by atoms with Crippen LogP contribution >= 0.6 is 22.7 Å². The van der Waals surface area contributed by atoms with Crippen LogP contribution in [0.15, 0.2) is 41.8 Å². The molecule has 0 bridgehead atoms. The standard InChI is InChI=1S/C23H28N4O2S2/c1-2-3-4-5-16-29-19-10-8-18(9-11-19)22(28)26-12-14-27(15-13-26)23-25-24-21(31-23)20-7-6-17-30-20/h6-11,17H,2-5,12-16H2,1H3. The van der Waals surface area contributed by atoms with Gasteiger partial charge in [-0.25, -0.2) is 0 Å². The molecule has 0 aliphatic carbocycles. The highest BCUT2D eigenvalue weighted by molar-refractivity contribution is 7.22. The van der Waals surface area contributed by atoms with Gasteiger partial charge in [0.2, 0.25) is 5.13 Å². The average Bonchev–Trinajstić information content (AvgIpc) is 3.51. The maximum absolute atomic E-state index is 12.9. The molecular weight excluding hydrogens is 428 g/mol. The van der Waals surface area contributed by atoms with Crippen LogP contribution in [0, 0.1) is 0 Å². The molecule has 164 valence electrons. The van der Waals surface area contributed by atoms with Crippen LogP contribution in [0.2, 0.25) is 0 Å². The Morgan fingerprint density at radius 3 is 2.55 bits per heavy atom. The molecule has 0 radical (unpaired) electrons. The molecule has 1 aromatic carbocycles. The summed E-state index contributed by atoms with van der Waals surface area (Å²) in [6.07, 6.45) is 4.74. The number of hydrogen-bond acceptors (Lipinski definition) is 7. The number of thiophene rings is 1. The summed E-state index contributed by atoms with van der Waals surface area (Å²) in [5.74, 6) is 0.904. The van der Waals surface area contributed by atoms with Crippen molar-refractivity contribution in [3.63, 3.8) is 0 Å². The van der Waals surface area contributed by atoms with Crippen LogP contribution in [-0.2, 0) is 0 Å². The number of carbonyl (C=O) groups is 1. The quantitative estimate of drug-likeness (QED) is 0.415. The maximum atomic E-state index is 12.9. The van der Waals surface area contributed by atoms with E-state index >= 15 is 0 Å². The van der Waals surface area contributed by atoms with E-state index in [0.29, 0.717) is 18.7 Å². The Balaban J connectivity index is 1.26. The number of aromatic nitrogens is 2. The molecule has 0 N–H and O–H groups in total. The van der Waals surface area contributed by atoms with Gasteiger partial charge in [-0.05, 0) is 42.1 Å². The van der Waals surface area contributed by atoms with Crippen molar-refractivity contribution in [2.24, 2.45) is 0 Å². The van der Waals surface area contributed by atoms with E-state index in [9.17, 15) is 4.79 Å². The molecule has 1 aliphatic rings. The van der Waals surface area contributed by atoms with E-state index in [1.807, 2.05) is 40.6 Å². The first-order valence-corrected chi connectivity index (χ1v) is 12.6. The van der Waals surface area contributed by atoms with Crippen LogP contribution in [0.3, 0.4) is 0 Å². The van der Waals surface area contributed by atoms with Crippen molar-refractivity contribution >= 4 is 33.7 Å². The van der Waals surface area contributed by atoms with E-state index in [4.69, 9.17) is 4.74 Å². The molecular formula is C23H28N4O2S2. The van der Waals surface area contributed by atoms with Gasteiger partial charge >= 0.3 is 0 Å². The van der Waals surface area contributed by atoms with Gasteiger partial charge in [-0.2, -0.15) is 0 Å². The van der Waals surface area contributed by atoms with Gasteiger partial charge in [-0.1, -0.05) is 43.6 Å². The molecule has 3 aromatic rings. The summed E-state index contributed by atoms with van der Waals surface area (Å²) in [5.41, 5.74) is 0.711. The molecule has 1 saturated heterocycles. The predicted molar refractivity (Wildman–Crippen MR) is 127 cm³/mol. The lowest BCUT2D eigenvalue weighted by Crippen LogP contribution is -2.48.